The summed E-state index contributed by atoms with van der Waals surface area (Å²) in [7, 11) is 0. The van der Waals surface area contributed by atoms with Crippen molar-refractivity contribution < 1.29 is 14.4 Å². The molecule has 0 unspecified atom stereocenters. The highest BCUT2D eigenvalue weighted by Crippen LogP contribution is 2.19. The van der Waals surface area contributed by atoms with Gasteiger partial charge in [-0.05, 0) is 31.2 Å². The predicted octanol–water partition coefficient (Wildman–Crippen LogP) is 2.91. The number of nitrogens with one attached hydrogen (secondary N) is 1. The average Bonchev–Trinajstić information content (AvgIpc) is 2.67. The van der Waals surface area contributed by atoms with E-state index in [0.717, 1.165) is 11.6 Å². The molecule has 0 saturated carbocycles. The quantitative estimate of drug-likeness (QED) is 0.422. The molecule has 0 bridgehead atoms. The van der Waals surface area contributed by atoms with E-state index in [4.69, 9.17) is 5.21 Å². The monoisotopic (exact) mass is 367 g/mol. The molecule has 0 aliphatic carbocycles. The molecule has 7 heteroatoms. The summed E-state index contributed by atoms with van der Waals surface area (Å²) in [5.74, 6) is -0.892. The number of aryl methyl sites for hydroxylation is 2. The summed E-state index contributed by atoms with van der Waals surface area (Å²) in [6, 6.07) is 9.99. The van der Waals surface area contributed by atoms with Gasteiger partial charge in [-0.1, -0.05) is 24.6 Å². The number of rotatable bonds is 4. The molecule has 0 spiro atoms. The molecule has 1 aromatic heterocycles. The zero-order chi connectivity index (χ0) is 19.6. The van der Waals surface area contributed by atoms with Crippen LogP contribution in [0.1, 0.15) is 23.9 Å². The smallest absolute Gasteiger partial charge is 0.267 e. The molecule has 0 saturated heterocycles. The van der Waals surface area contributed by atoms with Gasteiger partial charge in [0.05, 0.1) is 16.6 Å². The number of aromatic nitrogens is 2. The van der Waals surface area contributed by atoms with Crippen LogP contribution in [0, 0.1) is 12.7 Å². The predicted molar refractivity (Wildman–Crippen MR) is 100 cm³/mol. The third-order valence-corrected chi connectivity index (χ3v) is 4.19. The number of carbonyl (C=O) groups is 1. The number of nitrogens with zero attached hydrogens (tertiary/aromatic N) is 2. The maximum Gasteiger partial charge on any atom is 0.267 e. The molecular weight excluding hydrogens is 349 g/mol. The van der Waals surface area contributed by atoms with Crippen molar-refractivity contribution in [1.29, 1.82) is 0 Å². The summed E-state index contributed by atoms with van der Waals surface area (Å²) in [5.41, 5.74) is 3.15. The van der Waals surface area contributed by atoms with Crippen LogP contribution in [-0.2, 0) is 11.2 Å². The summed E-state index contributed by atoms with van der Waals surface area (Å²) in [5, 5.41) is 8.76. The van der Waals surface area contributed by atoms with E-state index in [-0.39, 0.29) is 22.0 Å². The summed E-state index contributed by atoms with van der Waals surface area (Å²) in [6.07, 6.45) is 2.65. The minimum absolute atomic E-state index is 0.0460. The lowest BCUT2D eigenvalue weighted by molar-refractivity contribution is -0.124. The standard InChI is InChI=1S/C20H18FN3O3/c1-3-18-22-17-11-16(21)13(6-9-19(25)23-27)10-15(17)20(26)24(18)14-7-4-12(2)5-8-14/h4-11,27H,3H2,1-2H3,(H,23,25)/b9-6+. The molecule has 27 heavy (non-hydrogen) atoms. The second-order valence-electron chi connectivity index (χ2n) is 6.06. The topological polar surface area (TPSA) is 84.2 Å². The Morgan fingerprint density at radius 1 is 1.30 bits per heavy atom. The van der Waals surface area contributed by atoms with Gasteiger partial charge in [0.2, 0.25) is 0 Å². The van der Waals surface area contributed by atoms with Crippen molar-refractivity contribution in [3.63, 3.8) is 0 Å². The molecule has 0 radical (unpaired) electrons. The van der Waals surface area contributed by atoms with Crippen LogP contribution in [0.25, 0.3) is 22.7 Å². The Morgan fingerprint density at radius 3 is 2.63 bits per heavy atom. The normalized spacial score (nSPS) is 11.3. The molecule has 3 aromatic rings. The van der Waals surface area contributed by atoms with Crippen molar-refractivity contribution in [3.05, 3.63) is 75.6 Å². The number of amides is 1. The number of hydrogen-bond donors (Lipinski definition) is 2. The van der Waals surface area contributed by atoms with Crippen LogP contribution in [-0.4, -0.2) is 20.7 Å². The zero-order valence-corrected chi connectivity index (χ0v) is 14.9. The van der Waals surface area contributed by atoms with Crippen molar-refractivity contribution in [1.82, 2.24) is 15.0 Å². The Kier molecular flexibility index (Phi) is 5.14. The van der Waals surface area contributed by atoms with Crippen molar-refractivity contribution in [2.45, 2.75) is 20.3 Å². The minimum atomic E-state index is -0.800. The largest absolute Gasteiger partial charge is 0.288 e. The van der Waals surface area contributed by atoms with Gasteiger partial charge in [0.1, 0.15) is 11.6 Å². The molecule has 0 aliphatic rings. The highest BCUT2D eigenvalue weighted by molar-refractivity contribution is 5.91. The van der Waals surface area contributed by atoms with Crippen molar-refractivity contribution in [2.75, 3.05) is 0 Å². The average molecular weight is 367 g/mol. The van der Waals surface area contributed by atoms with Gasteiger partial charge >= 0.3 is 0 Å². The highest BCUT2D eigenvalue weighted by atomic mass is 19.1. The van der Waals surface area contributed by atoms with E-state index in [1.54, 1.807) is 0 Å². The molecule has 2 N–H and O–H groups in total. The van der Waals surface area contributed by atoms with Gasteiger partial charge in [0, 0.05) is 24.1 Å². The summed E-state index contributed by atoms with van der Waals surface area (Å²) < 4.78 is 15.8. The maximum atomic E-state index is 14.3. The number of hydrogen-bond acceptors (Lipinski definition) is 4. The molecule has 1 heterocycles. The fourth-order valence-corrected chi connectivity index (χ4v) is 2.80. The molecule has 2 aromatic carbocycles. The second-order valence-corrected chi connectivity index (χ2v) is 6.06. The van der Waals surface area contributed by atoms with Crippen LogP contribution in [0.2, 0.25) is 0 Å². The third-order valence-electron chi connectivity index (χ3n) is 4.19. The van der Waals surface area contributed by atoms with Crippen LogP contribution in [0.3, 0.4) is 0 Å². The third kappa shape index (κ3) is 3.63. The lowest BCUT2D eigenvalue weighted by atomic mass is 10.1. The molecule has 3 rings (SSSR count). The van der Waals surface area contributed by atoms with E-state index in [1.165, 1.54) is 28.3 Å². The Bertz CT molecular complexity index is 1100. The summed E-state index contributed by atoms with van der Waals surface area (Å²) in [6.45, 7) is 3.83. The molecule has 0 fully saturated rings. The first-order chi connectivity index (χ1) is 12.9. The SMILES string of the molecule is CCc1nc2cc(F)c(/C=C/C(=O)NO)cc2c(=O)n1-c1ccc(C)cc1. The van der Waals surface area contributed by atoms with Crippen molar-refractivity contribution in [2.24, 2.45) is 0 Å². The first kappa shape index (κ1) is 18.5. The van der Waals surface area contributed by atoms with Crippen LogP contribution in [0.4, 0.5) is 4.39 Å². The van der Waals surface area contributed by atoms with Gasteiger partial charge in [0.15, 0.2) is 0 Å². The molecule has 6 nitrogen and oxygen atoms in total. The van der Waals surface area contributed by atoms with Crippen LogP contribution in [0.15, 0.2) is 47.3 Å². The number of hydroxylamine groups is 1. The van der Waals surface area contributed by atoms with E-state index in [9.17, 15) is 14.0 Å². The Hall–Kier alpha value is -3.32. The van der Waals surface area contributed by atoms with E-state index in [1.807, 2.05) is 38.1 Å². The fraction of sp³-hybridized carbons (Fsp3) is 0.150. The number of fused-ring (bicyclic) bond motifs is 1. The van der Waals surface area contributed by atoms with Crippen LogP contribution < -0.4 is 11.0 Å². The lowest BCUT2D eigenvalue weighted by Gasteiger charge is -2.13. The number of benzene rings is 2. The molecular formula is C20H18FN3O3. The van der Waals surface area contributed by atoms with Gasteiger partial charge in [-0.25, -0.2) is 14.9 Å². The molecule has 1 amide bonds. The number of halogens is 1. The van der Waals surface area contributed by atoms with E-state index in [0.29, 0.717) is 17.9 Å². The zero-order valence-electron chi connectivity index (χ0n) is 14.9. The molecule has 138 valence electrons. The second kappa shape index (κ2) is 7.51. The molecule has 0 aliphatic heterocycles. The Balaban J connectivity index is 2.25. The lowest BCUT2D eigenvalue weighted by Crippen LogP contribution is -2.24. The van der Waals surface area contributed by atoms with Crippen LogP contribution in [0.5, 0.6) is 0 Å². The van der Waals surface area contributed by atoms with Gasteiger partial charge in [-0.15, -0.1) is 0 Å². The van der Waals surface area contributed by atoms with Crippen molar-refractivity contribution in [3.8, 4) is 5.69 Å². The minimum Gasteiger partial charge on any atom is -0.288 e. The van der Waals surface area contributed by atoms with E-state index < -0.39 is 11.7 Å². The van der Waals surface area contributed by atoms with Crippen molar-refractivity contribution >= 4 is 22.9 Å². The molecule has 0 atom stereocenters. The Morgan fingerprint density at radius 2 is 2.00 bits per heavy atom. The van der Waals surface area contributed by atoms with Gasteiger partial charge in [0.25, 0.3) is 11.5 Å². The van der Waals surface area contributed by atoms with Gasteiger partial charge in [-0.3, -0.25) is 19.4 Å². The maximum absolute atomic E-state index is 14.3. The van der Waals surface area contributed by atoms with Crippen LogP contribution >= 0.6 is 0 Å². The summed E-state index contributed by atoms with van der Waals surface area (Å²) in [4.78, 5) is 28.7. The Labute approximate surface area is 154 Å². The van der Waals surface area contributed by atoms with Gasteiger partial charge < -0.3 is 0 Å². The first-order valence-corrected chi connectivity index (χ1v) is 8.39. The fourth-order valence-electron chi connectivity index (χ4n) is 2.80. The van der Waals surface area contributed by atoms with Gasteiger partial charge in [-0.2, -0.15) is 0 Å². The van der Waals surface area contributed by atoms with E-state index >= 15 is 0 Å². The van der Waals surface area contributed by atoms with E-state index in [2.05, 4.69) is 4.98 Å². The first-order valence-electron chi connectivity index (χ1n) is 8.39. The number of carbonyl (C=O) groups excluding carboxylic acids is 1. The summed E-state index contributed by atoms with van der Waals surface area (Å²) >= 11 is 0. The highest BCUT2D eigenvalue weighted by Gasteiger charge is 2.14.